The molecule has 0 spiro atoms. The fraction of sp³-hybridized carbons (Fsp3) is 0.588. The zero-order valence-corrected chi connectivity index (χ0v) is 16.0. The number of sulfone groups is 1. The maximum absolute atomic E-state index is 12.1. The topological polar surface area (TPSA) is 68.2 Å². The highest BCUT2D eigenvalue weighted by molar-refractivity contribution is 8.14. The van der Waals surface area contributed by atoms with Crippen LogP contribution in [0.4, 0.5) is 5.69 Å². The first-order chi connectivity index (χ1) is 11.9. The smallest absolute Gasteiger partial charge is 0.231 e. The van der Waals surface area contributed by atoms with E-state index >= 15 is 0 Å². The summed E-state index contributed by atoms with van der Waals surface area (Å²) in [4.78, 5) is 6.83. The maximum Gasteiger partial charge on any atom is 0.231 e. The lowest BCUT2D eigenvalue weighted by atomic mass is 10.1. The van der Waals surface area contributed by atoms with Gasteiger partial charge in [-0.2, -0.15) is 0 Å². The van der Waals surface area contributed by atoms with E-state index in [0.717, 1.165) is 28.8 Å². The highest BCUT2D eigenvalue weighted by Gasteiger charge is 2.47. The molecule has 6 nitrogen and oxygen atoms in total. The Bertz CT molecular complexity index is 807. The van der Waals surface area contributed by atoms with Crippen LogP contribution in [0.25, 0.3) is 0 Å². The van der Waals surface area contributed by atoms with Crippen LogP contribution >= 0.6 is 11.8 Å². The van der Waals surface area contributed by atoms with Crippen LogP contribution in [0.15, 0.2) is 23.2 Å². The highest BCUT2D eigenvalue weighted by atomic mass is 32.2. The van der Waals surface area contributed by atoms with Crippen molar-refractivity contribution in [2.75, 3.05) is 29.0 Å². The van der Waals surface area contributed by atoms with Crippen LogP contribution in [0.2, 0.25) is 0 Å². The molecule has 2 atom stereocenters. The molecule has 0 radical (unpaired) electrons. The standard InChI is InChI=1S/C17H22N2O4S2/c1-11(2)5-6-24-17-18-13-8-25(20,21)9-14(13)19(17)12-3-4-15-16(7-12)23-10-22-15/h3-4,7,11,13-14H,5-6,8-10H2,1-2H3. The number of amidine groups is 1. The lowest BCUT2D eigenvalue weighted by Crippen LogP contribution is -2.39. The summed E-state index contributed by atoms with van der Waals surface area (Å²) in [6, 6.07) is 5.47. The van der Waals surface area contributed by atoms with Gasteiger partial charge in [0.1, 0.15) is 0 Å². The first-order valence-electron chi connectivity index (χ1n) is 8.53. The quantitative estimate of drug-likeness (QED) is 0.797. The molecule has 3 aliphatic rings. The number of ether oxygens (including phenoxy) is 2. The van der Waals surface area contributed by atoms with E-state index in [9.17, 15) is 8.42 Å². The van der Waals surface area contributed by atoms with E-state index in [1.165, 1.54) is 0 Å². The largest absolute Gasteiger partial charge is 0.454 e. The van der Waals surface area contributed by atoms with Crippen molar-refractivity contribution in [3.63, 3.8) is 0 Å². The summed E-state index contributed by atoms with van der Waals surface area (Å²) in [5.41, 5.74) is 0.921. The van der Waals surface area contributed by atoms with Gasteiger partial charge in [-0.1, -0.05) is 25.6 Å². The number of rotatable bonds is 4. The Hall–Kier alpha value is -1.41. The van der Waals surface area contributed by atoms with Crippen LogP contribution in [-0.4, -0.2) is 49.7 Å². The summed E-state index contributed by atoms with van der Waals surface area (Å²) < 4.78 is 35.0. The molecule has 4 rings (SSSR count). The second kappa shape index (κ2) is 6.39. The number of benzene rings is 1. The molecule has 3 aliphatic heterocycles. The molecule has 1 aromatic rings. The van der Waals surface area contributed by atoms with Gasteiger partial charge in [0.05, 0.1) is 23.6 Å². The minimum absolute atomic E-state index is 0.119. The molecule has 3 heterocycles. The Morgan fingerprint density at radius 2 is 2.08 bits per heavy atom. The summed E-state index contributed by atoms with van der Waals surface area (Å²) in [7, 11) is -3.03. The van der Waals surface area contributed by atoms with Crippen molar-refractivity contribution in [1.29, 1.82) is 0 Å². The molecule has 1 saturated heterocycles. The van der Waals surface area contributed by atoms with E-state index in [0.29, 0.717) is 11.7 Å². The first-order valence-corrected chi connectivity index (χ1v) is 11.3. The Labute approximate surface area is 152 Å². The van der Waals surface area contributed by atoms with E-state index in [1.54, 1.807) is 11.8 Å². The van der Waals surface area contributed by atoms with Gasteiger partial charge in [0.2, 0.25) is 6.79 Å². The molecular formula is C17H22N2O4S2. The fourth-order valence-electron chi connectivity index (χ4n) is 3.36. The van der Waals surface area contributed by atoms with Crippen LogP contribution < -0.4 is 14.4 Å². The highest BCUT2D eigenvalue weighted by Crippen LogP contribution is 2.40. The number of anilines is 1. The minimum Gasteiger partial charge on any atom is -0.454 e. The van der Waals surface area contributed by atoms with Crippen molar-refractivity contribution in [3.8, 4) is 11.5 Å². The van der Waals surface area contributed by atoms with Crippen LogP contribution in [-0.2, 0) is 9.84 Å². The molecule has 0 bridgehead atoms. The molecule has 0 aliphatic carbocycles. The van der Waals surface area contributed by atoms with Gasteiger partial charge < -0.3 is 14.4 Å². The molecule has 8 heteroatoms. The van der Waals surface area contributed by atoms with Crippen LogP contribution in [0, 0.1) is 5.92 Å². The minimum atomic E-state index is -3.03. The lowest BCUT2D eigenvalue weighted by Gasteiger charge is -2.26. The van der Waals surface area contributed by atoms with E-state index in [-0.39, 0.29) is 30.4 Å². The molecular weight excluding hydrogens is 360 g/mol. The second-order valence-electron chi connectivity index (χ2n) is 7.06. The maximum atomic E-state index is 12.1. The lowest BCUT2D eigenvalue weighted by molar-refractivity contribution is 0.174. The zero-order valence-electron chi connectivity index (χ0n) is 14.3. The van der Waals surface area contributed by atoms with Crippen molar-refractivity contribution in [1.82, 2.24) is 0 Å². The molecule has 1 fully saturated rings. The van der Waals surface area contributed by atoms with Gasteiger partial charge in [0.25, 0.3) is 0 Å². The number of thioether (sulfide) groups is 1. The third-order valence-electron chi connectivity index (χ3n) is 4.67. The molecule has 2 unspecified atom stereocenters. The molecule has 0 saturated carbocycles. The number of hydrogen-bond donors (Lipinski definition) is 0. The van der Waals surface area contributed by atoms with Crippen molar-refractivity contribution < 1.29 is 17.9 Å². The van der Waals surface area contributed by atoms with Gasteiger partial charge in [-0.15, -0.1) is 0 Å². The average molecular weight is 383 g/mol. The Morgan fingerprint density at radius 3 is 2.88 bits per heavy atom. The third-order valence-corrected chi connectivity index (χ3v) is 7.37. The predicted octanol–water partition coefficient (Wildman–Crippen LogP) is 2.54. The summed E-state index contributed by atoms with van der Waals surface area (Å²) in [5, 5.41) is 0.921. The normalized spacial score (nSPS) is 26.2. The molecule has 0 N–H and O–H groups in total. The van der Waals surface area contributed by atoms with Gasteiger partial charge in [0.15, 0.2) is 26.5 Å². The number of nitrogens with zero attached hydrogens (tertiary/aromatic N) is 2. The van der Waals surface area contributed by atoms with E-state index in [1.807, 2.05) is 18.2 Å². The van der Waals surface area contributed by atoms with Gasteiger partial charge in [0, 0.05) is 17.5 Å². The molecule has 136 valence electrons. The third kappa shape index (κ3) is 3.33. The summed E-state index contributed by atoms with van der Waals surface area (Å²) in [5.74, 6) is 3.34. The Balaban J connectivity index is 1.62. The Morgan fingerprint density at radius 1 is 1.28 bits per heavy atom. The van der Waals surface area contributed by atoms with Crippen molar-refractivity contribution in [3.05, 3.63) is 18.2 Å². The van der Waals surface area contributed by atoms with Gasteiger partial charge >= 0.3 is 0 Å². The monoisotopic (exact) mass is 382 g/mol. The van der Waals surface area contributed by atoms with Gasteiger partial charge in [-0.05, 0) is 24.5 Å². The van der Waals surface area contributed by atoms with Gasteiger partial charge in [-0.3, -0.25) is 4.99 Å². The molecule has 25 heavy (non-hydrogen) atoms. The van der Waals surface area contributed by atoms with E-state index in [2.05, 4.69) is 18.7 Å². The average Bonchev–Trinajstić information content (AvgIpc) is 3.17. The second-order valence-corrected chi connectivity index (χ2v) is 10.3. The van der Waals surface area contributed by atoms with Crippen LogP contribution in [0.3, 0.4) is 0 Å². The molecule has 0 amide bonds. The van der Waals surface area contributed by atoms with Crippen LogP contribution in [0.5, 0.6) is 11.5 Å². The van der Waals surface area contributed by atoms with E-state index < -0.39 is 9.84 Å². The number of fused-ring (bicyclic) bond motifs is 2. The van der Waals surface area contributed by atoms with Crippen molar-refractivity contribution in [2.24, 2.45) is 10.9 Å². The van der Waals surface area contributed by atoms with Gasteiger partial charge in [-0.25, -0.2) is 8.42 Å². The SMILES string of the molecule is CC(C)CCSC1=NC2CS(=O)(=O)CC2N1c1ccc2c(c1)OCO2. The Kier molecular flexibility index (Phi) is 4.35. The van der Waals surface area contributed by atoms with E-state index in [4.69, 9.17) is 14.5 Å². The molecule has 1 aromatic carbocycles. The first kappa shape index (κ1) is 17.0. The van der Waals surface area contributed by atoms with Crippen molar-refractivity contribution >= 4 is 32.5 Å². The summed E-state index contributed by atoms with van der Waals surface area (Å²) >= 11 is 1.71. The predicted molar refractivity (Wildman–Crippen MR) is 101 cm³/mol. The molecule has 0 aromatic heterocycles. The summed E-state index contributed by atoms with van der Waals surface area (Å²) in [6.07, 6.45) is 1.10. The number of hydrogen-bond acceptors (Lipinski definition) is 7. The fourth-order valence-corrected chi connectivity index (χ4v) is 6.56. The van der Waals surface area contributed by atoms with Crippen LogP contribution in [0.1, 0.15) is 20.3 Å². The number of aliphatic imine (C=N–C) groups is 1. The van der Waals surface area contributed by atoms with Crippen molar-refractivity contribution in [2.45, 2.75) is 32.4 Å². The zero-order chi connectivity index (χ0) is 17.6. The summed E-state index contributed by atoms with van der Waals surface area (Å²) in [6.45, 7) is 4.63.